The van der Waals surface area contributed by atoms with Gasteiger partial charge in [0.05, 0.1) is 6.54 Å². The van der Waals surface area contributed by atoms with Crippen LogP contribution >= 0.6 is 22.9 Å². The topological polar surface area (TPSA) is 37.8 Å². The smallest absolute Gasteiger partial charge is 0.155 e. The molecule has 0 atom stereocenters. The van der Waals surface area contributed by atoms with Crippen molar-refractivity contribution < 1.29 is 0 Å². The third kappa shape index (κ3) is 2.47. The molecule has 3 nitrogen and oxygen atoms in total. The fourth-order valence-electron chi connectivity index (χ4n) is 2.39. The second-order valence-electron chi connectivity index (χ2n) is 4.96. The molecule has 1 N–H and O–H groups in total. The van der Waals surface area contributed by atoms with E-state index in [9.17, 15) is 0 Å². The first-order chi connectivity index (χ1) is 9.15. The van der Waals surface area contributed by atoms with Crippen molar-refractivity contribution >= 4 is 28.8 Å². The summed E-state index contributed by atoms with van der Waals surface area (Å²) in [5.74, 6) is 0.829. The highest BCUT2D eigenvalue weighted by atomic mass is 35.5. The Bertz CT molecular complexity index is 600. The maximum atomic E-state index is 5.95. The molecule has 0 spiro atoms. The largest absolute Gasteiger partial charge is 0.363 e. The van der Waals surface area contributed by atoms with Crippen molar-refractivity contribution in [3.05, 3.63) is 37.7 Å². The number of hydrogen-bond acceptors (Lipinski definition) is 4. The Morgan fingerprint density at radius 2 is 2.11 bits per heavy atom. The number of thiophene rings is 1. The maximum Gasteiger partial charge on any atom is 0.155 e. The van der Waals surface area contributed by atoms with Gasteiger partial charge >= 0.3 is 0 Å². The summed E-state index contributed by atoms with van der Waals surface area (Å²) < 4.78 is 0. The monoisotopic (exact) mass is 293 g/mol. The van der Waals surface area contributed by atoms with Crippen molar-refractivity contribution in [1.82, 2.24) is 10.2 Å². The van der Waals surface area contributed by atoms with Crippen LogP contribution in [0.1, 0.15) is 32.9 Å². The molecule has 0 fully saturated rings. The van der Waals surface area contributed by atoms with E-state index in [2.05, 4.69) is 21.6 Å². The summed E-state index contributed by atoms with van der Waals surface area (Å²) in [5, 5.41) is 11.9. The zero-order valence-corrected chi connectivity index (χ0v) is 12.7. The molecule has 19 heavy (non-hydrogen) atoms. The number of rotatable bonds is 3. The molecule has 2 aromatic heterocycles. The van der Waals surface area contributed by atoms with E-state index in [4.69, 9.17) is 11.6 Å². The second kappa shape index (κ2) is 5.10. The molecule has 5 heteroatoms. The minimum atomic E-state index is 0.484. The number of halogens is 1. The van der Waals surface area contributed by atoms with Crippen LogP contribution in [-0.2, 0) is 19.4 Å². The van der Waals surface area contributed by atoms with E-state index in [1.54, 1.807) is 4.88 Å². The van der Waals surface area contributed by atoms with Gasteiger partial charge in [-0.25, -0.2) is 0 Å². The molecule has 3 rings (SSSR count). The van der Waals surface area contributed by atoms with Gasteiger partial charge in [0.15, 0.2) is 11.0 Å². The molecule has 0 amide bonds. The first-order valence-corrected chi connectivity index (χ1v) is 7.68. The van der Waals surface area contributed by atoms with E-state index in [0.717, 1.165) is 23.5 Å². The molecule has 0 aromatic carbocycles. The Balaban J connectivity index is 1.73. The third-order valence-electron chi connectivity index (χ3n) is 3.69. The van der Waals surface area contributed by atoms with Gasteiger partial charge in [-0.05, 0) is 55.9 Å². The molecule has 0 radical (unpaired) electrons. The minimum Gasteiger partial charge on any atom is -0.363 e. The SMILES string of the molecule is Cc1c(Cl)nnc(NCc2cc3c(s2)CCC3)c1C. The summed E-state index contributed by atoms with van der Waals surface area (Å²) in [7, 11) is 0. The van der Waals surface area contributed by atoms with Gasteiger partial charge in [-0.2, -0.15) is 0 Å². The van der Waals surface area contributed by atoms with Crippen molar-refractivity contribution in [3.8, 4) is 0 Å². The number of aryl methyl sites for hydroxylation is 2. The summed E-state index contributed by atoms with van der Waals surface area (Å²) in [6.07, 6.45) is 3.81. The molecule has 0 saturated carbocycles. The number of nitrogens with zero attached hydrogens (tertiary/aromatic N) is 2. The van der Waals surface area contributed by atoms with Crippen LogP contribution in [0.4, 0.5) is 5.82 Å². The fraction of sp³-hybridized carbons (Fsp3) is 0.429. The zero-order valence-electron chi connectivity index (χ0n) is 11.1. The number of hydrogen-bond donors (Lipinski definition) is 1. The summed E-state index contributed by atoms with van der Waals surface area (Å²) in [6, 6.07) is 2.32. The van der Waals surface area contributed by atoms with Crippen molar-refractivity contribution in [2.24, 2.45) is 0 Å². The summed E-state index contributed by atoms with van der Waals surface area (Å²) in [6.45, 7) is 4.80. The molecule has 2 aromatic rings. The van der Waals surface area contributed by atoms with Crippen LogP contribution in [0.3, 0.4) is 0 Å². The first kappa shape index (κ1) is 12.9. The summed E-state index contributed by atoms with van der Waals surface area (Å²) >= 11 is 7.87. The van der Waals surface area contributed by atoms with Crippen LogP contribution < -0.4 is 5.32 Å². The highest BCUT2D eigenvalue weighted by molar-refractivity contribution is 7.12. The Hall–Kier alpha value is -1.13. The van der Waals surface area contributed by atoms with E-state index in [1.165, 1.54) is 29.7 Å². The number of nitrogens with one attached hydrogen (secondary N) is 1. The predicted octanol–water partition coefficient (Wildman–Crippen LogP) is 3.91. The predicted molar refractivity (Wildman–Crippen MR) is 80.2 cm³/mol. The molecule has 2 heterocycles. The van der Waals surface area contributed by atoms with Crippen LogP contribution in [0.25, 0.3) is 0 Å². The quantitative estimate of drug-likeness (QED) is 0.932. The average molecular weight is 294 g/mol. The van der Waals surface area contributed by atoms with Gasteiger partial charge in [0.25, 0.3) is 0 Å². The molecule has 1 aliphatic carbocycles. The molecule has 100 valence electrons. The lowest BCUT2D eigenvalue weighted by atomic mass is 10.2. The summed E-state index contributed by atoms with van der Waals surface area (Å²) in [4.78, 5) is 2.94. The van der Waals surface area contributed by atoms with E-state index >= 15 is 0 Å². The van der Waals surface area contributed by atoms with Crippen molar-refractivity contribution in [2.45, 2.75) is 39.7 Å². The lowest BCUT2D eigenvalue weighted by Gasteiger charge is -2.09. The van der Waals surface area contributed by atoms with Gasteiger partial charge < -0.3 is 5.32 Å². The van der Waals surface area contributed by atoms with Crippen LogP contribution in [0.5, 0.6) is 0 Å². The molecular formula is C14H16ClN3S. The second-order valence-corrected chi connectivity index (χ2v) is 6.54. The number of fused-ring (bicyclic) bond motifs is 1. The number of anilines is 1. The van der Waals surface area contributed by atoms with Gasteiger partial charge in [-0.1, -0.05) is 11.6 Å². The normalized spacial score (nSPS) is 13.6. The van der Waals surface area contributed by atoms with E-state index in [0.29, 0.717) is 5.15 Å². The average Bonchev–Trinajstić information content (AvgIpc) is 2.96. The molecule has 1 aliphatic rings. The van der Waals surface area contributed by atoms with Crippen LogP contribution in [-0.4, -0.2) is 10.2 Å². The highest BCUT2D eigenvalue weighted by Gasteiger charge is 2.15. The Morgan fingerprint density at radius 3 is 2.89 bits per heavy atom. The molecular weight excluding hydrogens is 278 g/mol. The first-order valence-electron chi connectivity index (χ1n) is 6.49. The number of aromatic nitrogens is 2. The molecule has 0 unspecified atom stereocenters. The highest BCUT2D eigenvalue weighted by Crippen LogP contribution is 2.31. The lowest BCUT2D eigenvalue weighted by Crippen LogP contribution is -2.05. The lowest BCUT2D eigenvalue weighted by molar-refractivity contribution is 0.913. The summed E-state index contributed by atoms with van der Waals surface area (Å²) in [5.41, 5.74) is 3.61. The molecule has 0 aliphatic heterocycles. The van der Waals surface area contributed by atoms with Crippen molar-refractivity contribution in [1.29, 1.82) is 0 Å². The van der Waals surface area contributed by atoms with E-state index in [-0.39, 0.29) is 0 Å². The maximum absolute atomic E-state index is 5.95. The van der Waals surface area contributed by atoms with Gasteiger partial charge in [-0.3, -0.25) is 0 Å². The molecule has 0 saturated heterocycles. The standard InChI is InChI=1S/C14H16ClN3S/c1-8-9(2)14(18-17-13(8)15)16-7-11-6-10-4-3-5-12(10)19-11/h6H,3-5,7H2,1-2H3,(H,16,18). The third-order valence-corrected chi connectivity index (χ3v) is 5.29. The Labute approximate surface area is 122 Å². The van der Waals surface area contributed by atoms with E-state index < -0.39 is 0 Å². The fourth-order valence-corrected chi connectivity index (χ4v) is 3.77. The molecule has 0 bridgehead atoms. The van der Waals surface area contributed by atoms with Crippen molar-refractivity contribution in [2.75, 3.05) is 5.32 Å². The van der Waals surface area contributed by atoms with Gasteiger partial charge in [0.2, 0.25) is 0 Å². The Kier molecular flexibility index (Phi) is 3.46. The van der Waals surface area contributed by atoms with E-state index in [1.807, 2.05) is 25.2 Å². The Morgan fingerprint density at radius 1 is 1.26 bits per heavy atom. The van der Waals surface area contributed by atoms with Gasteiger partial charge in [0, 0.05) is 9.75 Å². The van der Waals surface area contributed by atoms with Crippen LogP contribution in [0, 0.1) is 13.8 Å². The van der Waals surface area contributed by atoms with Crippen LogP contribution in [0.15, 0.2) is 6.07 Å². The van der Waals surface area contributed by atoms with Crippen molar-refractivity contribution in [3.63, 3.8) is 0 Å². The zero-order chi connectivity index (χ0) is 13.4. The minimum absolute atomic E-state index is 0.484. The van der Waals surface area contributed by atoms with Gasteiger partial charge in [-0.15, -0.1) is 21.5 Å². The van der Waals surface area contributed by atoms with Gasteiger partial charge in [0.1, 0.15) is 0 Å². The van der Waals surface area contributed by atoms with Crippen LogP contribution in [0.2, 0.25) is 5.15 Å².